The predicted octanol–water partition coefficient (Wildman–Crippen LogP) is 0.389. The van der Waals surface area contributed by atoms with E-state index in [2.05, 4.69) is 5.32 Å². The van der Waals surface area contributed by atoms with Crippen molar-refractivity contribution in [2.24, 2.45) is 0 Å². The number of phenols is 2. The molecule has 1 aromatic carbocycles. The number of amides is 1. The molecule has 0 saturated heterocycles. The normalized spacial score (nSPS) is 10.1. The summed E-state index contributed by atoms with van der Waals surface area (Å²) in [5, 5.41) is 21.5. The minimum absolute atomic E-state index is 0.120. The minimum atomic E-state index is -0.235. The van der Waals surface area contributed by atoms with Crippen LogP contribution in [0.15, 0.2) is 18.2 Å². The lowest BCUT2D eigenvalue weighted by atomic mass is 10.2. The Balaban J connectivity index is 2.79. The maximum Gasteiger partial charge on any atom is 0.253 e. The quantitative estimate of drug-likeness (QED) is 0.691. The first-order valence-electron chi connectivity index (χ1n) is 4.97. The second-order valence-corrected chi connectivity index (χ2v) is 3.57. The van der Waals surface area contributed by atoms with Gasteiger partial charge in [0.15, 0.2) is 0 Å². The predicted molar refractivity (Wildman–Crippen MR) is 60.7 cm³/mol. The number of hydrogen-bond acceptors (Lipinski definition) is 4. The number of carbonyl (C=O) groups is 1. The molecule has 16 heavy (non-hydrogen) atoms. The number of rotatable bonds is 4. The maximum atomic E-state index is 11.8. The van der Waals surface area contributed by atoms with E-state index in [0.717, 1.165) is 0 Å². The van der Waals surface area contributed by atoms with Crippen LogP contribution in [0, 0.1) is 0 Å². The first-order valence-corrected chi connectivity index (χ1v) is 4.97. The van der Waals surface area contributed by atoms with Gasteiger partial charge >= 0.3 is 0 Å². The smallest absolute Gasteiger partial charge is 0.253 e. The highest BCUT2D eigenvalue weighted by atomic mass is 16.3. The van der Waals surface area contributed by atoms with E-state index in [9.17, 15) is 15.0 Å². The number of likely N-dealkylation sites (N-methyl/N-ethyl adjacent to an activating group) is 2. The third-order valence-corrected chi connectivity index (χ3v) is 2.19. The molecular formula is C11H16N2O3. The van der Waals surface area contributed by atoms with Crippen molar-refractivity contribution in [3.05, 3.63) is 23.8 Å². The van der Waals surface area contributed by atoms with Gasteiger partial charge in [-0.3, -0.25) is 4.79 Å². The lowest BCUT2D eigenvalue weighted by Gasteiger charge is -2.17. The van der Waals surface area contributed by atoms with Gasteiger partial charge in [-0.05, 0) is 19.2 Å². The second kappa shape index (κ2) is 5.37. The summed E-state index contributed by atoms with van der Waals surface area (Å²) in [5.41, 5.74) is 0.274. The summed E-state index contributed by atoms with van der Waals surface area (Å²) >= 11 is 0. The number of phenolic OH excluding ortho intramolecular Hbond substituents is 2. The maximum absolute atomic E-state index is 11.8. The van der Waals surface area contributed by atoms with Crippen molar-refractivity contribution >= 4 is 5.91 Å². The molecule has 5 nitrogen and oxygen atoms in total. The minimum Gasteiger partial charge on any atom is -0.508 e. The number of aromatic hydroxyl groups is 2. The van der Waals surface area contributed by atoms with E-state index in [1.807, 2.05) is 0 Å². The van der Waals surface area contributed by atoms with Crippen LogP contribution in [0.25, 0.3) is 0 Å². The molecule has 0 bridgehead atoms. The summed E-state index contributed by atoms with van der Waals surface area (Å²) in [6.07, 6.45) is 0. The van der Waals surface area contributed by atoms with Gasteiger partial charge in [0.05, 0.1) is 0 Å². The van der Waals surface area contributed by atoms with Crippen LogP contribution in [0.4, 0.5) is 0 Å². The molecule has 0 aliphatic carbocycles. The van der Waals surface area contributed by atoms with Crippen molar-refractivity contribution in [1.82, 2.24) is 10.2 Å². The number of nitrogens with one attached hydrogen (secondary N) is 1. The van der Waals surface area contributed by atoms with Crippen LogP contribution in [0.1, 0.15) is 10.4 Å². The third-order valence-electron chi connectivity index (χ3n) is 2.19. The molecule has 0 fully saturated rings. The van der Waals surface area contributed by atoms with Gasteiger partial charge in [-0.25, -0.2) is 0 Å². The fourth-order valence-electron chi connectivity index (χ4n) is 1.32. The molecule has 0 spiro atoms. The molecule has 88 valence electrons. The fourth-order valence-corrected chi connectivity index (χ4v) is 1.32. The Morgan fingerprint density at radius 2 is 1.88 bits per heavy atom. The fraction of sp³-hybridized carbons (Fsp3) is 0.364. The van der Waals surface area contributed by atoms with Crippen molar-refractivity contribution in [2.45, 2.75) is 0 Å². The molecule has 0 unspecified atom stereocenters. The monoisotopic (exact) mass is 224 g/mol. The van der Waals surface area contributed by atoms with E-state index in [1.165, 1.54) is 23.1 Å². The van der Waals surface area contributed by atoms with Crippen LogP contribution >= 0.6 is 0 Å². The highest BCUT2D eigenvalue weighted by Crippen LogP contribution is 2.21. The van der Waals surface area contributed by atoms with Crippen LogP contribution in [-0.2, 0) is 0 Å². The standard InChI is InChI=1S/C11H16N2O3/c1-12-3-4-13(2)11(16)8-5-9(14)7-10(15)6-8/h5-7,12,14-15H,3-4H2,1-2H3. The summed E-state index contributed by atoms with van der Waals surface area (Å²) in [7, 11) is 3.47. The summed E-state index contributed by atoms with van der Waals surface area (Å²) in [4.78, 5) is 13.3. The summed E-state index contributed by atoms with van der Waals surface area (Å²) in [5.74, 6) is -0.475. The Morgan fingerprint density at radius 1 is 1.31 bits per heavy atom. The Labute approximate surface area is 94.3 Å². The van der Waals surface area contributed by atoms with Crippen LogP contribution in [-0.4, -0.2) is 48.2 Å². The van der Waals surface area contributed by atoms with Crippen molar-refractivity contribution in [3.8, 4) is 11.5 Å². The molecule has 0 atom stereocenters. The first kappa shape index (κ1) is 12.3. The van der Waals surface area contributed by atoms with Gasteiger partial charge in [0.1, 0.15) is 11.5 Å². The Hall–Kier alpha value is -1.75. The number of nitrogens with zero attached hydrogens (tertiary/aromatic N) is 1. The Kier molecular flexibility index (Phi) is 4.13. The molecule has 0 saturated carbocycles. The van der Waals surface area contributed by atoms with Gasteiger partial charge < -0.3 is 20.4 Å². The molecule has 3 N–H and O–H groups in total. The van der Waals surface area contributed by atoms with Gasteiger partial charge in [0, 0.05) is 31.8 Å². The average molecular weight is 224 g/mol. The molecule has 5 heteroatoms. The highest BCUT2D eigenvalue weighted by molar-refractivity contribution is 5.94. The van der Waals surface area contributed by atoms with Gasteiger partial charge in [-0.2, -0.15) is 0 Å². The molecule has 0 aromatic heterocycles. The number of carbonyl (C=O) groups excluding carboxylic acids is 1. The molecule has 0 aliphatic rings. The molecule has 0 heterocycles. The molecular weight excluding hydrogens is 208 g/mol. The number of benzene rings is 1. The Bertz CT molecular complexity index is 359. The topological polar surface area (TPSA) is 72.8 Å². The van der Waals surface area contributed by atoms with Gasteiger partial charge in [0.2, 0.25) is 0 Å². The SMILES string of the molecule is CNCCN(C)C(=O)c1cc(O)cc(O)c1. The summed E-state index contributed by atoms with van der Waals surface area (Å²) in [6.45, 7) is 1.25. The van der Waals surface area contributed by atoms with E-state index in [0.29, 0.717) is 13.1 Å². The second-order valence-electron chi connectivity index (χ2n) is 3.57. The average Bonchev–Trinajstić information content (AvgIpc) is 2.23. The molecule has 1 aromatic rings. The van der Waals surface area contributed by atoms with Crippen LogP contribution in [0.3, 0.4) is 0 Å². The summed E-state index contributed by atoms with van der Waals surface area (Å²) < 4.78 is 0. The zero-order valence-electron chi connectivity index (χ0n) is 9.40. The van der Waals surface area contributed by atoms with Crippen molar-refractivity contribution in [2.75, 3.05) is 27.2 Å². The van der Waals surface area contributed by atoms with E-state index in [4.69, 9.17) is 0 Å². The Morgan fingerprint density at radius 3 is 2.38 bits per heavy atom. The van der Waals surface area contributed by atoms with Gasteiger partial charge in [0.25, 0.3) is 5.91 Å². The van der Waals surface area contributed by atoms with Gasteiger partial charge in [-0.15, -0.1) is 0 Å². The van der Waals surface area contributed by atoms with E-state index in [-0.39, 0.29) is 23.0 Å². The number of hydrogen-bond donors (Lipinski definition) is 3. The lowest BCUT2D eigenvalue weighted by Crippen LogP contribution is -2.32. The molecule has 0 radical (unpaired) electrons. The summed E-state index contributed by atoms with van der Waals surface area (Å²) in [6, 6.07) is 3.85. The van der Waals surface area contributed by atoms with Crippen LogP contribution in [0.5, 0.6) is 11.5 Å². The molecule has 1 rings (SSSR count). The lowest BCUT2D eigenvalue weighted by molar-refractivity contribution is 0.0796. The van der Waals surface area contributed by atoms with Gasteiger partial charge in [-0.1, -0.05) is 0 Å². The van der Waals surface area contributed by atoms with Crippen molar-refractivity contribution in [1.29, 1.82) is 0 Å². The highest BCUT2D eigenvalue weighted by Gasteiger charge is 2.12. The van der Waals surface area contributed by atoms with E-state index in [1.54, 1.807) is 14.1 Å². The van der Waals surface area contributed by atoms with E-state index >= 15 is 0 Å². The first-order chi connectivity index (χ1) is 7.54. The molecule has 0 aliphatic heterocycles. The zero-order chi connectivity index (χ0) is 12.1. The van der Waals surface area contributed by atoms with Crippen LogP contribution in [0.2, 0.25) is 0 Å². The zero-order valence-corrected chi connectivity index (χ0v) is 9.40. The molecule has 1 amide bonds. The largest absolute Gasteiger partial charge is 0.508 e. The van der Waals surface area contributed by atoms with Crippen molar-refractivity contribution in [3.63, 3.8) is 0 Å². The third kappa shape index (κ3) is 3.13. The van der Waals surface area contributed by atoms with E-state index < -0.39 is 0 Å². The van der Waals surface area contributed by atoms with Crippen molar-refractivity contribution < 1.29 is 15.0 Å². The van der Waals surface area contributed by atoms with Crippen LogP contribution < -0.4 is 5.32 Å².